The summed E-state index contributed by atoms with van der Waals surface area (Å²) in [5, 5.41) is 20.9. The fourth-order valence-corrected chi connectivity index (χ4v) is 4.18. The van der Waals surface area contributed by atoms with Crippen molar-refractivity contribution in [1.82, 2.24) is 10.0 Å². The monoisotopic (exact) mass is 494 g/mol. The molecule has 1 atom stereocenters. The van der Waals surface area contributed by atoms with Crippen LogP contribution in [0, 0.1) is 0 Å². The highest BCUT2D eigenvalue weighted by Gasteiger charge is 2.26. The number of hydrogen-bond donors (Lipinski definition) is 4. The summed E-state index contributed by atoms with van der Waals surface area (Å²) in [5.41, 5.74) is 0.0109. The zero-order valence-electron chi connectivity index (χ0n) is 18.4. The maximum Gasteiger partial charge on any atom is 0.341 e. The molecular formula is C22H26N2O9S. The Labute approximate surface area is 196 Å². The standard InChI is InChI=1S/C22H26N2O9S/c1-32-11-5-10-23-21(27)18(24-34(30,31)16-6-3-2-4-7-16)13-15-8-9-19(33-14-20(25)26)17(12-15)22(28)29/h2-4,6-9,12,18,24H,5,10-11,13-14H2,1H3,(H,23,27)(H,25,26)(H,28,29)/t18-/m0/s1. The number of methoxy groups -OCH3 is 1. The van der Waals surface area contributed by atoms with E-state index < -0.39 is 40.5 Å². The van der Waals surface area contributed by atoms with E-state index in [2.05, 4.69) is 10.0 Å². The van der Waals surface area contributed by atoms with E-state index in [9.17, 15) is 27.9 Å². The van der Waals surface area contributed by atoms with E-state index in [1.165, 1.54) is 37.4 Å². The minimum atomic E-state index is -4.05. The molecule has 0 aliphatic heterocycles. The minimum absolute atomic E-state index is 0.0316. The Hall–Kier alpha value is -3.48. The summed E-state index contributed by atoms with van der Waals surface area (Å²) in [6.45, 7) is -0.0813. The third-order valence-corrected chi connectivity index (χ3v) is 6.04. The largest absolute Gasteiger partial charge is 0.481 e. The van der Waals surface area contributed by atoms with Crippen LogP contribution >= 0.6 is 0 Å². The van der Waals surface area contributed by atoms with Crippen LogP contribution in [-0.4, -0.2) is 69.4 Å². The number of carboxylic acid groups (broad SMARTS) is 2. The van der Waals surface area contributed by atoms with Gasteiger partial charge in [0.2, 0.25) is 15.9 Å². The van der Waals surface area contributed by atoms with Gasteiger partial charge >= 0.3 is 11.9 Å². The van der Waals surface area contributed by atoms with E-state index in [1.54, 1.807) is 18.2 Å². The lowest BCUT2D eigenvalue weighted by atomic mass is 10.0. The van der Waals surface area contributed by atoms with Gasteiger partial charge in [-0.25, -0.2) is 18.0 Å². The predicted octanol–water partition coefficient (Wildman–Crippen LogP) is 0.891. The molecule has 11 nitrogen and oxygen atoms in total. The second kappa shape index (κ2) is 12.7. The van der Waals surface area contributed by atoms with E-state index >= 15 is 0 Å². The fourth-order valence-electron chi connectivity index (χ4n) is 2.97. The summed E-state index contributed by atoms with van der Waals surface area (Å²) in [5.74, 6) is -3.41. The van der Waals surface area contributed by atoms with Crippen molar-refractivity contribution in [2.75, 3.05) is 26.9 Å². The lowest BCUT2D eigenvalue weighted by Gasteiger charge is -2.19. The number of aliphatic carboxylic acids is 1. The average molecular weight is 495 g/mol. The molecule has 2 aromatic rings. The first-order valence-electron chi connectivity index (χ1n) is 10.2. The van der Waals surface area contributed by atoms with Gasteiger partial charge < -0.3 is 25.0 Å². The lowest BCUT2D eigenvalue weighted by molar-refractivity contribution is -0.139. The van der Waals surface area contributed by atoms with E-state index in [-0.39, 0.29) is 29.2 Å². The molecule has 34 heavy (non-hydrogen) atoms. The van der Waals surface area contributed by atoms with Gasteiger partial charge in [0.05, 0.1) is 4.90 Å². The second-order valence-electron chi connectivity index (χ2n) is 7.15. The molecule has 0 heterocycles. The number of nitrogens with one attached hydrogen (secondary N) is 2. The van der Waals surface area contributed by atoms with Crippen LogP contribution in [0.15, 0.2) is 53.4 Å². The molecule has 2 rings (SSSR count). The summed E-state index contributed by atoms with van der Waals surface area (Å²) < 4.78 is 37.9. The topological polar surface area (TPSA) is 168 Å². The molecule has 0 unspecified atom stereocenters. The number of sulfonamides is 1. The highest BCUT2D eigenvalue weighted by Crippen LogP contribution is 2.22. The van der Waals surface area contributed by atoms with Gasteiger partial charge in [-0.2, -0.15) is 4.72 Å². The maximum atomic E-state index is 12.8. The number of ether oxygens (including phenoxy) is 2. The zero-order valence-corrected chi connectivity index (χ0v) is 19.2. The van der Waals surface area contributed by atoms with Crippen LogP contribution in [0.2, 0.25) is 0 Å². The number of aromatic carboxylic acids is 1. The third-order valence-electron chi connectivity index (χ3n) is 4.56. The third kappa shape index (κ3) is 8.14. The molecule has 0 aliphatic rings. The molecule has 0 saturated carbocycles. The first-order chi connectivity index (χ1) is 16.1. The van der Waals surface area contributed by atoms with Crippen molar-refractivity contribution in [1.29, 1.82) is 0 Å². The van der Waals surface area contributed by atoms with Crippen molar-refractivity contribution < 1.29 is 42.5 Å². The Balaban J connectivity index is 2.29. The molecule has 12 heteroatoms. The van der Waals surface area contributed by atoms with Gasteiger partial charge in [-0.3, -0.25) is 4.79 Å². The zero-order chi connectivity index (χ0) is 25.1. The van der Waals surface area contributed by atoms with Crippen LogP contribution in [0.5, 0.6) is 5.75 Å². The number of hydrogen-bond acceptors (Lipinski definition) is 7. The van der Waals surface area contributed by atoms with Gasteiger partial charge in [-0.05, 0) is 42.7 Å². The highest BCUT2D eigenvalue weighted by molar-refractivity contribution is 7.89. The van der Waals surface area contributed by atoms with Crippen molar-refractivity contribution >= 4 is 27.9 Å². The van der Waals surface area contributed by atoms with Crippen molar-refractivity contribution in [2.45, 2.75) is 23.8 Å². The van der Waals surface area contributed by atoms with E-state index in [1.807, 2.05) is 0 Å². The summed E-state index contributed by atoms with van der Waals surface area (Å²) in [7, 11) is -2.54. The molecule has 0 bridgehead atoms. The number of rotatable bonds is 14. The van der Waals surface area contributed by atoms with E-state index in [4.69, 9.17) is 14.6 Å². The van der Waals surface area contributed by atoms with Crippen molar-refractivity contribution in [3.8, 4) is 5.75 Å². The molecule has 0 aliphatic carbocycles. The Bertz CT molecular complexity index is 1100. The van der Waals surface area contributed by atoms with Crippen molar-refractivity contribution in [3.63, 3.8) is 0 Å². The number of amides is 1. The molecule has 4 N–H and O–H groups in total. The highest BCUT2D eigenvalue weighted by atomic mass is 32.2. The quantitative estimate of drug-likeness (QED) is 0.279. The van der Waals surface area contributed by atoms with Crippen molar-refractivity contribution in [3.05, 3.63) is 59.7 Å². The van der Waals surface area contributed by atoms with Crippen LogP contribution in [0.1, 0.15) is 22.3 Å². The van der Waals surface area contributed by atoms with E-state index in [0.29, 0.717) is 18.6 Å². The van der Waals surface area contributed by atoms with Gasteiger partial charge in [-0.1, -0.05) is 24.3 Å². The van der Waals surface area contributed by atoms with Crippen LogP contribution in [-0.2, 0) is 30.8 Å². The first kappa shape index (κ1) is 26.8. The van der Waals surface area contributed by atoms with Gasteiger partial charge in [-0.15, -0.1) is 0 Å². The Morgan fingerprint density at radius 3 is 2.38 bits per heavy atom. The van der Waals surface area contributed by atoms with Crippen molar-refractivity contribution in [2.24, 2.45) is 0 Å². The van der Waals surface area contributed by atoms with Crippen LogP contribution in [0.3, 0.4) is 0 Å². The van der Waals surface area contributed by atoms with Gasteiger partial charge in [0.15, 0.2) is 6.61 Å². The average Bonchev–Trinajstić information content (AvgIpc) is 2.80. The second-order valence-corrected chi connectivity index (χ2v) is 8.86. The SMILES string of the molecule is COCCCNC(=O)[C@H](Cc1ccc(OCC(=O)O)c(C(=O)O)c1)NS(=O)(=O)c1ccccc1. The molecule has 184 valence electrons. The molecular weight excluding hydrogens is 468 g/mol. The Kier molecular flexibility index (Phi) is 9.98. The fraction of sp³-hybridized carbons (Fsp3) is 0.318. The van der Waals surface area contributed by atoms with Gasteiger partial charge in [0.25, 0.3) is 0 Å². The molecule has 0 radical (unpaired) electrons. The number of carbonyl (C=O) groups excluding carboxylic acids is 1. The summed E-state index contributed by atoms with van der Waals surface area (Å²) in [6, 6.07) is 10.2. The number of benzene rings is 2. The van der Waals surface area contributed by atoms with E-state index in [0.717, 1.165) is 0 Å². The van der Waals surface area contributed by atoms with Gasteiger partial charge in [0.1, 0.15) is 17.4 Å². The maximum absolute atomic E-state index is 12.8. The summed E-state index contributed by atoms with van der Waals surface area (Å²) in [6.07, 6.45) is 0.348. The molecule has 2 aromatic carbocycles. The Morgan fingerprint density at radius 2 is 1.76 bits per heavy atom. The molecule has 0 spiro atoms. The van der Waals surface area contributed by atoms with Gasteiger partial charge in [0, 0.05) is 20.3 Å². The number of carbonyl (C=O) groups is 3. The first-order valence-corrected chi connectivity index (χ1v) is 11.7. The summed E-state index contributed by atoms with van der Waals surface area (Å²) in [4.78, 5) is 35.1. The minimum Gasteiger partial charge on any atom is -0.481 e. The predicted molar refractivity (Wildman–Crippen MR) is 120 cm³/mol. The molecule has 0 aromatic heterocycles. The Morgan fingerprint density at radius 1 is 1.06 bits per heavy atom. The molecule has 0 fully saturated rings. The molecule has 1 amide bonds. The normalized spacial score (nSPS) is 12.0. The lowest BCUT2D eigenvalue weighted by Crippen LogP contribution is -2.48. The molecule has 0 saturated heterocycles. The summed E-state index contributed by atoms with van der Waals surface area (Å²) >= 11 is 0. The van der Waals surface area contributed by atoms with Crippen LogP contribution in [0.4, 0.5) is 0 Å². The van der Waals surface area contributed by atoms with Crippen LogP contribution in [0.25, 0.3) is 0 Å². The van der Waals surface area contributed by atoms with Crippen LogP contribution < -0.4 is 14.8 Å². The number of carboxylic acids is 2. The smallest absolute Gasteiger partial charge is 0.341 e.